The summed E-state index contributed by atoms with van der Waals surface area (Å²) in [6, 6.07) is 8.06. The number of carbonyl (C=O) groups excluding carboxylic acids is 1. The van der Waals surface area contributed by atoms with Crippen LogP contribution < -0.4 is 4.74 Å². The van der Waals surface area contributed by atoms with E-state index in [1.807, 2.05) is 19.9 Å². The predicted octanol–water partition coefficient (Wildman–Crippen LogP) is 5.44. The summed E-state index contributed by atoms with van der Waals surface area (Å²) in [5, 5.41) is 0.427. The van der Waals surface area contributed by atoms with Crippen LogP contribution in [0.1, 0.15) is 41.2 Å². The zero-order valence-corrected chi connectivity index (χ0v) is 15.7. The maximum atomic E-state index is 13.4. The molecule has 6 heteroatoms. The molecule has 0 saturated carbocycles. The first-order valence-corrected chi connectivity index (χ1v) is 8.62. The molecule has 0 fully saturated rings. The first kappa shape index (κ1) is 20.2. The maximum absolute atomic E-state index is 13.4. The van der Waals surface area contributed by atoms with Crippen LogP contribution >= 0.6 is 11.6 Å². The number of aryl methyl sites for hydroxylation is 2. The van der Waals surface area contributed by atoms with Crippen molar-refractivity contribution in [3.63, 3.8) is 0 Å². The average molecular weight is 383 g/mol. The van der Waals surface area contributed by atoms with Gasteiger partial charge < -0.3 is 9.47 Å². The van der Waals surface area contributed by atoms with E-state index in [4.69, 9.17) is 16.3 Å². The van der Waals surface area contributed by atoms with Gasteiger partial charge in [-0.1, -0.05) is 36.7 Å². The Morgan fingerprint density at radius 2 is 1.96 bits per heavy atom. The van der Waals surface area contributed by atoms with E-state index in [9.17, 15) is 13.6 Å². The van der Waals surface area contributed by atoms with Gasteiger partial charge in [-0.3, -0.25) is 4.79 Å². The van der Waals surface area contributed by atoms with E-state index in [0.29, 0.717) is 16.3 Å². The Morgan fingerprint density at radius 3 is 2.58 bits per heavy atom. The molecule has 0 aliphatic rings. The quantitative estimate of drug-likeness (QED) is 0.598. The van der Waals surface area contributed by atoms with Gasteiger partial charge in [0.2, 0.25) is 0 Å². The Balaban J connectivity index is 2.33. The Labute approximate surface area is 156 Å². The van der Waals surface area contributed by atoms with Gasteiger partial charge in [0.15, 0.2) is 0 Å². The van der Waals surface area contributed by atoms with Crippen LogP contribution in [0.4, 0.5) is 8.78 Å². The van der Waals surface area contributed by atoms with E-state index in [2.05, 4.69) is 4.74 Å². The van der Waals surface area contributed by atoms with Gasteiger partial charge in [-0.2, -0.15) is 0 Å². The fourth-order valence-electron chi connectivity index (χ4n) is 2.77. The zero-order valence-electron chi connectivity index (χ0n) is 14.9. The molecule has 0 bridgehead atoms. The van der Waals surface area contributed by atoms with Crippen molar-refractivity contribution in [2.24, 2.45) is 0 Å². The molecule has 0 saturated heterocycles. The monoisotopic (exact) mass is 382 g/mol. The summed E-state index contributed by atoms with van der Waals surface area (Å²) in [6.07, 6.45) is -1.94. The molecule has 140 valence electrons. The molecule has 26 heavy (non-hydrogen) atoms. The van der Waals surface area contributed by atoms with Gasteiger partial charge >= 0.3 is 5.97 Å². The highest BCUT2D eigenvalue weighted by Gasteiger charge is 2.19. The number of benzene rings is 2. The Kier molecular flexibility index (Phi) is 6.98. The molecule has 0 amide bonds. The molecule has 2 aromatic rings. The number of esters is 1. The first-order valence-electron chi connectivity index (χ1n) is 8.24. The number of carbonyl (C=O) groups is 1. The van der Waals surface area contributed by atoms with Gasteiger partial charge in [0, 0.05) is 11.1 Å². The van der Waals surface area contributed by atoms with Gasteiger partial charge in [0.1, 0.15) is 12.4 Å². The van der Waals surface area contributed by atoms with Gasteiger partial charge in [0.25, 0.3) is 6.43 Å². The molecule has 0 atom stereocenters. The van der Waals surface area contributed by atoms with Crippen molar-refractivity contribution < 1.29 is 23.0 Å². The van der Waals surface area contributed by atoms with E-state index in [0.717, 1.165) is 17.5 Å². The van der Waals surface area contributed by atoms with E-state index in [1.54, 1.807) is 12.1 Å². The summed E-state index contributed by atoms with van der Waals surface area (Å²) in [4.78, 5) is 11.6. The van der Waals surface area contributed by atoms with Crippen molar-refractivity contribution in [2.45, 2.75) is 39.7 Å². The van der Waals surface area contributed by atoms with Crippen LogP contribution in [0.15, 0.2) is 30.3 Å². The van der Waals surface area contributed by atoms with Crippen LogP contribution in [0.3, 0.4) is 0 Å². The highest BCUT2D eigenvalue weighted by atomic mass is 35.5. The lowest BCUT2D eigenvalue weighted by atomic mass is 9.99. The molecule has 0 aliphatic heterocycles. The second-order valence-corrected chi connectivity index (χ2v) is 6.30. The molecule has 0 unspecified atom stereocenters. The summed E-state index contributed by atoms with van der Waals surface area (Å²) in [5.41, 5.74) is 2.68. The topological polar surface area (TPSA) is 35.5 Å². The highest BCUT2D eigenvalue weighted by molar-refractivity contribution is 6.32. The van der Waals surface area contributed by atoms with E-state index in [1.165, 1.54) is 19.2 Å². The van der Waals surface area contributed by atoms with E-state index < -0.39 is 12.4 Å². The molecule has 0 aliphatic carbocycles. The van der Waals surface area contributed by atoms with Crippen molar-refractivity contribution in [3.05, 3.63) is 63.2 Å². The summed E-state index contributed by atoms with van der Waals surface area (Å²) >= 11 is 6.25. The molecule has 3 nitrogen and oxygen atoms in total. The number of ether oxygens (including phenoxy) is 2. The predicted molar refractivity (Wildman–Crippen MR) is 97.0 cm³/mol. The largest absolute Gasteiger partial charge is 0.487 e. The molecule has 0 spiro atoms. The molecular formula is C20H21ClF2O3. The third kappa shape index (κ3) is 4.73. The van der Waals surface area contributed by atoms with Crippen LogP contribution in [-0.2, 0) is 29.0 Å². The van der Waals surface area contributed by atoms with Crippen LogP contribution in [0.2, 0.25) is 5.02 Å². The number of halogens is 3. The van der Waals surface area contributed by atoms with Crippen molar-refractivity contribution >= 4 is 17.6 Å². The Hall–Kier alpha value is -2.14. The summed E-state index contributed by atoms with van der Waals surface area (Å²) < 4.78 is 37.2. The Morgan fingerprint density at radius 1 is 1.23 bits per heavy atom. The van der Waals surface area contributed by atoms with Gasteiger partial charge in [-0.25, -0.2) is 8.78 Å². The molecule has 2 rings (SSSR count). The molecule has 0 radical (unpaired) electrons. The smallest absolute Gasteiger partial charge is 0.309 e. The molecule has 0 N–H and O–H groups in total. The first-order chi connectivity index (χ1) is 12.4. The Bertz CT molecular complexity index is 791. The van der Waals surface area contributed by atoms with Crippen LogP contribution in [0.25, 0.3) is 0 Å². The van der Waals surface area contributed by atoms with Gasteiger partial charge in [-0.05, 0) is 42.2 Å². The minimum Gasteiger partial charge on any atom is -0.487 e. The second kappa shape index (κ2) is 8.99. The summed E-state index contributed by atoms with van der Waals surface area (Å²) in [7, 11) is 1.26. The van der Waals surface area contributed by atoms with Crippen molar-refractivity contribution in [3.8, 4) is 5.75 Å². The van der Waals surface area contributed by atoms with Gasteiger partial charge in [0.05, 0.1) is 18.6 Å². The molecule has 2 aromatic carbocycles. The molecular weight excluding hydrogens is 362 g/mol. The normalized spacial score (nSPS) is 10.9. The number of hydrogen-bond donors (Lipinski definition) is 0. The average Bonchev–Trinajstić information content (AvgIpc) is 2.62. The minimum atomic E-state index is -2.68. The van der Waals surface area contributed by atoms with Crippen LogP contribution in [0.5, 0.6) is 5.75 Å². The standard InChI is InChI=1S/C20H21ClF2O3/c1-4-13-9-17(21)18(8-12(13)2)26-11-16-14(10-19(24)25-3)6-5-7-15(16)20(22)23/h5-9,20H,4,10-11H2,1-3H3. The fraction of sp³-hybridized carbons (Fsp3) is 0.350. The lowest BCUT2D eigenvalue weighted by molar-refractivity contribution is -0.139. The number of hydrogen-bond acceptors (Lipinski definition) is 3. The lowest BCUT2D eigenvalue weighted by Gasteiger charge is -2.16. The van der Waals surface area contributed by atoms with E-state index >= 15 is 0 Å². The molecule has 0 aromatic heterocycles. The highest BCUT2D eigenvalue weighted by Crippen LogP contribution is 2.31. The SMILES string of the molecule is CCc1cc(Cl)c(OCc2c(CC(=O)OC)cccc2C(F)F)cc1C. The lowest BCUT2D eigenvalue weighted by Crippen LogP contribution is -2.11. The van der Waals surface area contributed by atoms with Crippen molar-refractivity contribution in [1.82, 2.24) is 0 Å². The number of rotatable bonds is 7. The fourth-order valence-corrected chi connectivity index (χ4v) is 3.01. The molecule has 0 heterocycles. The van der Waals surface area contributed by atoms with Crippen molar-refractivity contribution in [2.75, 3.05) is 7.11 Å². The number of alkyl halides is 2. The summed E-state index contributed by atoms with van der Waals surface area (Å²) in [5.74, 6) is -0.0757. The van der Waals surface area contributed by atoms with Crippen LogP contribution in [-0.4, -0.2) is 13.1 Å². The minimum absolute atomic E-state index is 0.0999. The van der Waals surface area contributed by atoms with Crippen LogP contribution in [0, 0.1) is 6.92 Å². The number of methoxy groups -OCH3 is 1. The third-order valence-electron chi connectivity index (χ3n) is 4.25. The second-order valence-electron chi connectivity index (χ2n) is 5.89. The van der Waals surface area contributed by atoms with Crippen molar-refractivity contribution in [1.29, 1.82) is 0 Å². The zero-order chi connectivity index (χ0) is 19.3. The van der Waals surface area contributed by atoms with E-state index in [-0.39, 0.29) is 24.2 Å². The maximum Gasteiger partial charge on any atom is 0.309 e. The summed E-state index contributed by atoms with van der Waals surface area (Å²) in [6.45, 7) is 3.85. The third-order valence-corrected chi connectivity index (χ3v) is 4.55. The van der Waals surface area contributed by atoms with Gasteiger partial charge in [-0.15, -0.1) is 0 Å².